The number of carboxylic acids is 1. The summed E-state index contributed by atoms with van der Waals surface area (Å²) in [4.78, 5) is 28.3. The number of ether oxygens (including phenoxy) is 2. The van der Waals surface area contributed by atoms with E-state index >= 15 is 0 Å². The lowest BCUT2D eigenvalue weighted by molar-refractivity contribution is -0.286. The minimum atomic E-state index is -4.86. The summed E-state index contributed by atoms with van der Waals surface area (Å²) < 4.78 is 90.7. The molecule has 0 unspecified atom stereocenters. The molecule has 3 aromatic rings. The summed E-state index contributed by atoms with van der Waals surface area (Å²) in [5, 5.41) is 8.98. The summed E-state index contributed by atoms with van der Waals surface area (Å²) in [5.41, 5.74) is -3.57. The standard InChI is InChI=1S/C25H15F6NO5.H2/c26-17-9-12(1-4-15(17)22(34)35)21-16(24(27,28)29)5-3-14(32-21)11-20(33)23(7-8-23)13-2-6-18-19(10-13)37-25(30,31)36-18;/h1-6,9-10H,7-8,11H2,(H,34,35);1H. The number of fused-ring (bicyclic) bond motifs is 1. The topological polar surface area (TPSA) is 85.7 Å². The van der Waals surface area contributed by atoms with Gasteiger partial charge in [-0.2, -0.15) is 13.2 Å². The van der Waals surface area contributed by atoms with Crippen molar-refractivity contribution in [1.29, 1.82) is 0 Å². The van der Waals surface area contributed by atoms with Crippen molar-refractivity contribution in [2.45, 2.75) is 37.1 Å². The van der Waals surface area contributed by atoms with Gasteiger partial charge in [0.1, 0.15) is 11.6 Å². The molecular weight excluding hydrogens is 508 g/mol. The van der Waals surface area contributed by atoms with E-state index in [0.717, 1.165) is 24.3 Å². The first-order valence-corrected chi connectivity index (χ1v) is 10.8. The van der Waals surface area contributed by atoms with E-state index in [1.807, 2.05) is 0 Å². The number of carbonyl (C=O) groups is 2. The largest absolute Gasteiger partial charge is 0.586 e. The summed E-state index contributed by atoms with van der Waals surface area (Å²) >= 11 is 0. The van der Waals surface area contributed by atoms with E-state index in [9.17, 15) is 35.9 Å². The number of aromatic carboxylic acids is 1. The van der Waals surface area contributed by atoms with E-state index in [1.54, 1.807) is 0 Å². The fourth-order valence-corrected chi connectivity index (χ4v) is 4.32. The van der Waals surface area contributed by atoms with E-state index < -0.39 is 52.3 Å². The Morgan fingerprint density at radius 1 is 1.00 bits per heavy atom. The number of alkyl halides is 5. The molecule has 1 N–H and O–H groups in total. The molecule has 6 nitrogen and oxygen atoms in total. The molecule has 0 saturated heterocycles. The van der Waals surface area contributed by atoms with Gasteiger partial charge in [-0.25, -0.2) is 9.18 Å². The summed E-state index contributed by atoms with van der Waals surface area (Å²) in [6.07, 6.45) is -8.30. The highest BCUT2D eigenvalue weighted by Crippen LogP contribution is 2.52. The zero-order chi connectivity index (χ0) is 26.8. The van der Waals surface area contributed by atoms with E-state index in [4.69, 9.17) is 5.11 Å². The highest BCUT2D eigenvalue weighted by molar-refractivity contribution is 5.94. The number of halogens is 6. The molecule has 1 aromatic heterocycles. The molecule has 5 rings (SSSR count). The molecule has 1 fully saturated rings. The lowest BCUT2D eigenvalue weighted by Crippen LogP contribution is -2.26. The molecule has 0 radical (unpaired) electrons. The molecule has 2 aromatic carbocycles. The third kappa shape index (κ3) is 4.47. The third-order valence-corrected chi connectivity index (χ3v) is 6.31. The Hall–Kier alpha value is -4.09. The van der Waals surface area contributed by atoms with Gasteiger partial charge in [0.05, 0.1) is 22.2 Å². The number of ketones is 1. The molecule has 0 atom stereocenters. The molecule has 1 aliphatic carbocycles. The number of hydrogen-bond acceptors (Lipinski definition) is 5. The maximum Gasteiger partial charge on any atom is 0.586 e. The van der Waals surface area contributed by atoms with Gasteiger partial charge in [-0.3, -0.25) is 9.78 Å². The number of carbonyl (C=O) groups excluding carboxylic acids is 1. The Balaban J connectivity index is 0.00000336. The monoisotopic (exact) mass is 525 g/mol. The quantitative estimate of drug-likeness (QED) is 0.397. The lowest BCUT2D eigenvalue weighted by atomic mass is 9.88. The SMILES string of the molecule is O=C(O)c1ccc(-c2nc(CC(=O)C3(c4ccc5c(c4)OC(F)(F)O5)CC3)ccc2C(F)(F)F)cc1F.[HH]. The first kappa shape index (κ1) is 24.6. The van der Waals surface area contributed by atoms with E-state index in [0.29, 0.717) is 24.5 Å². The average molecular weight is 525 g/mol. The van der Waals surface area contributed by atoms with Crippen LogP contribution in [0.1, 0.15) is 41.4 Å². The smallest absolute Gasteiger partial charge is 0.478 e. The average Bonchev–Trinajstić information content (AvgIpc) is 3.55. The maximum atomic E-state index is 14.2. The molecule has 0 amide bonds. The molecule has 0 bridgehead atoms. The molecule has 194 valence electrons. The number of nitrogens with zero attached hydrogens (tertiary/aromatic N) is 1. The molecule has 1 aliphatic heterocycles. The van der Waals surface area contributed by atoms with Gasteiger partial charge in [0, 0.05) is 19.1 Å². The van der Waals surface area contributed by atoms with E-state index in [1.165, 1.54) is 18.2 Å². The Bertz CT molecular complexity index is 1450. The van der Waals surface area contributed by atoms with E-state index in [-0.39, 0.29) is 30.6 Å². The number of pyridine rings is 1. The predicted octanol–water partition coefficient (Wildman–Crippen LogP) is 6.02. The Morgan fingerprint density at radius 3 is 2.32 bits per heavy atom. The van der Waals surface area contributed by atoms with Crippen LogP contribution >= 0.6 is 0 Å². The van der Waals surface area contributed by atoms with Crippen LogP contribution in [0, 0.1) is 5.82 Å². The zero-order valence-electron chi connectivity index (χ0n) is 18.5. The zero-order valence-corrected chi connectivity index (χ0v) is 18.5. The van der Waals surface area contributed by atoms with Crippen LogP contribution in [0.5, 0.6) is 11.5 Å². The van der Waals surface area contributed by atoms with Crippen molar-refractivity contribution < 1.29 is 51.9 Å². The van der Waals surface area contributed by atoms with E-state index in [2.05, 4.69) is 14.5 Å². The van der Waals surface area contributed by atoms with Crippen LogP contribution in [0.25, 0.3) is 11.3 Å². The van der Waals surface area contributed by atoms with Gasteiger partial charge >= 0.3 is 18.4 Å². The van der Waals surface area contributed by atoms with Crippen LogP contribution < -0.4 is 9.47 Å². The van der Waals surface area contributed by atoms with Crippen LogP contribution in [-0.4, -0.2) is 28.1 Å². The molecule has 0 spiro atoms. The number of benzene rings is 2. The van der Waals surface area contributed by atoms with Crippen LogP contribution in [0.3, 0.4) is 0 Å². The van der Waals surface area contributed by atoms with Crippen molar-refractivity contribution in [2.75, 3.05) is 0 Å². The minimum Gasteiger partial charge on any atom is -0.478 e. The highest BCUT2D eigenvalue weighted by Gasteiger charge is 2.52. The van der Waals surface area contributed by atoms with Gasteiger partial charge in [-0.1, -0.05) is 12.1 Å². The van der Waals surface area contributed by atoms with Gasteiger partial charge < -0.3 is 14.6 Å². The molecule has 2 heterocycles. The summed E-state index contributed by atoms with van der Waals surface area (Å²) in [7, 11) is 0. The van der Waals surface area contributed by atoms with Crippen LogP contribution in [0.4, 0.5) is 26.3 Å². The number of aromatic nitrogens is 1. The summed E-state index contributed by atoms with van der Waals surface area (Å²) in [6.45, 7) is 0. The van der Waals surface area contributed by atoms with Crippen molar-refractivity contribution in [2.24, 2.45) is 0 Å². The minimum absolute atomic E-state index is 0. The van der Waals surface area contributed by atoms with Gasteiger partial charge in [-0.05, 0) is 54.8 Å². The second-order valence-corrected chi connectivity index (χ2v) is 8.71. The van der Waals surface area contributed by atoms with Crippen molar-refractivity contribution >= 4 is 11.8 Å². The van der Waals surface area contributed by atoms with Crippen molar-refractivity contribution in [3.05, 3.63) is 76.7 Å². The number of hydrogen-bond donors (Lipinski definition) is 1. The van der Waals surface area contributed by atoms with Crippen molar-refractivity contribution in [1.82, 2.24) is 4.98 Å². The first-order valence-electron chi connectivity index (χ1n) is 10.8. The molecule has 2 aliphatic rings. The third-order valence-electron chi connectivity index (χ3n) is 6.31. The lowest BCUT2D eigenvalue weighted by Gasteiger charge is -2.17. The Labute approximate surface area is 205 Å². The van der Waals surface area contributed by atoms with Gasteiger partial charge in [-0.15, -0.1) is 8.78 Å². The first-order chi connectivity index (χ1) is 17.3. The van der Waals surface area contributed by atoms with Gasteiger partial charge in [0.2, 0.25) is 0 Å². The molecule has 12 heteroatoms. The van der Waals surface area contributed by atoms with Crippen LogP contribution in [0.15, 0.2) is 48.5 Å². The summed E-state index contributed by atoms with van der Waals surface area (Å²) in [5.74, 6) is -3.65. The molecule has 1 saturated carbocycles. The fraction of sp³-hybridized carbons (Fsp3) is 0.240. The van der Waals surface area contributed by atoms with Crippen LogP contribution in [0.2, 0.25) is 0 Å². The number of carboxylic acid groups (broad SMARTS) is 1. The molecule has 37 heavy (non-hydrogen) atoms. The number of Topliss-reactive ketones (excluding diaryl/α,β-unsaturated/α-hetero) is 1. The normalized spacial score (nSPS) is 16.9. The van der Waals surface area contributed by atoms with Crippen molar-refractivity contribution in [3.63, 3.8) is 0 Å². The number of rotatable bonds is 6. The molecular formula is C25H17F6NO5. The Morgan fingerprint density at radius 2 is 1.70 bits per heavy atom. The van der Waals surface area contributed by atoms with Gasteiger partial charge in [0.15, 0.2) is 11.5 Å². The Kier molecular flexibility index (Phi) is 5.46. The van der Waals surface area contributed by atoms with Crippen molar-refractivity contribution in [3.8, 4) is 22.8 Å². The van der Waals surface area contributed by atoms with Crippen LogP contribution in [-0.2, 0) is 22.8 Å². The second-order valence-electron chi connectivity index (χ2n) is 8.71. The second kappa shape index (κ2) is 8.22. The predicted molar refractivity (Wildman–Crippen MR) is 116 cm³/mol. The highest BCUT2D eigenvalue weighted by atomic mass is 19.4. The maximum absolute atomic E-state index is 14.2. The summed E-state index contributed by atoms with van der Waals surface area (Å²) in [6, 6.07) is 8.20. The van der Waals surface area contributed by atoms with Gasteiger partial charge in [0.25, 0.3) is 0 Å². The fourth-order valence-electron chi connectivity index (χ4n) is 4.32.